The third-order valence-electron chi connectivity index (χ3n) is 3.88. The molecule has 4 N–H and O–H groups in total. The second-order valence-electron chi connectivity index (χ2n) is 5.62. The number of rotatable bonds is 5. The number of methoxy groups -OCH3 is 1. The molecule has 0 aromatic heterocycles. The fourth-order valence-electron chi connectivity index (χ4n) is 2.81. The number of ether oxygens (including phenoxy) is 2. The Bertz CT molecular complexity index is 690. The van der Waals surface area contributed by atoms with Crippen molar-refractivity contribution in [2.75, 3.05) is 13.3 Å². The minimum atomic E-state index is -4.13. The van der Waals surface area contributed by atoms with Crippen LogP contribution in [0.1, 0.15) is 35.5 Å². The summed E-state index contributed by atoms with van der Waals surface area (Å²) in [7, 11) is -2.65. The topological polar surface area (TPSA) is 116 Å². The van der Waals surface area contributed by atoms with Gasteiger partial charge in [0.2, 0.25) is 0 Å². The van der Waals surface area contributed by atoms with E-state index >= 15 is 0 Å². The highest BCUT2D eigenvalue weighted by atomic mass is 31.2. The maximum absolute atomic E-state index is 11.0. The van der Waals surface area contributed by atoms with E-state index in [1.54, 1.807) is 13.0 Å². The molecule has 23 heavy (non-hydrogen) atoms. The van der Waals surface area contributed by atoms with Crippen molar-refractivity contribution < 1.29 is 34.0 Å². The highest BCUT2D eigenvalue weighted by Gasteiger charge is 2.31. The molecule has 1 atom stereocenters. The molecular weight excluding hydrogens is 323 g/mol. The van der Waals surface area contributed by atoms with Crippen LogP contribution in [0.2, 0.25) is 0 Å². The molecule has 0 fully saturated rings. The lowest BCUT2D eigenvalue weighted by Gasteiger charge is -2.17. The van der Waals surface area contributed by atoms with Crippen LogP contribution < -0.4 is 4.74 Å². The molecule has 7 nitrogen and oxygen atoms in total. The van der Waals surface area contributed by atoms with Crippen molar-refractivity contribution in [2.45, 2.75) is 33.2 Å². The molecule has 8 heteroatoms. The number of hydrogen-bond acceptors (Lipinski definition) is 5. The number of aromatic hydroxyl groups is 1. The molecule has 0 aliphatic carbocycles. The van der Waals surface area contributed by atoms with Crippen LogP contribution >= 0.6 is 7.60 Å². The second kappa shape index (κ2) is 6.63. The number of phenols is 1. The van der Waals surface area contributed by atoms with Crippen molar-refractivity contribution >= 4 is 7.60 Å². The number of phenolic OH excluding ortho intramolecular Hbond substituents is 1. The van der Waals surface area contributed by atoms with E-state index in [0.29, 0.717) is 28.0 Å². The van der Waals surface area contributed by atoms with E-state index < -0.39 is 13.9 Å². The molecule has 1 aliphatic heterocycles. The first-order chi connectivity index (χ1) is 10.7. The van der Waals surface area contributed by atoms with Crippen LogP contribution in [0.4, 0.5) is 0 Å². The summed E-state index contributed by atoms with van der Waals surface area (Å²) in [6.45, 7) is 3.62. The Morgan fingerprint density at radius 2 is 2.13 bits per heavy atom. The Hall–Kier alpha value is -1.37. The summed E-state index contributed by atoms with van der Waals surface area (Å²) in [5, 5.41) is 20.3. The molecule has 0 saturated carbocycles. The normalized spacial score (nSPS) is 18.2. The van der Waals surface area contributed by atoms with Gasteiger partial charge in [-0.3, -0.25) is 4.57 Å². The zero-order valence-corrected chi connectivity index (χ0v) is 14.1. The first-order valence-electron chi connectivity index (χ1n) is 7.06. The Balaban J connectivity index is 2.43. The molecule has 1 unspecified atom stereocenters. The van der Waals surface area contributed by atoms with E-state index in [2.05, 4.69) is 0 Å². The molecule has 0 bridgehead atoms. The standard InChI is InChI=1S/C15H21O7P/c1-8(7-23(18,19)20)4-5-10-13(16)12-11(6-22-15(12)17)9(2)14(10)21-3/h4,15-17H,5-7H2,1-3H3,(H2,18,19,20)/b8-4+. The fourth-order valence-corrected chi connectivity index (χ4v) is 3.59. The third kappa shape index (κ3) is 3.76. The highest BCUT2D eigenvalue weighted by Crippen LogP contribution is 2.45. The maximum Gasteiger partial charge on any atom is 0.329 e. The van der Waals surface area contributed by atoms with Gasteiger partial charge in [0, 0.05) is 5.56 Å². The van der Waals surface area contributed by atoms with Gasteiger partial charge >= 0.3 is 7.60 Å². The minimum Gasteiger partial charge on any atom is -0.507 e. The number of benzene rings is 1. The predicted molar refractivity (Wildman–Crippen MR) is 83.5 cm³/mol. The van der Waals surface area contributed by atoms with Gasteiger partial charge in [-0.05, 0) is 31.4 Å². The Kier molecular flexibility index (Phi) is 5.18. The minimum absolute atomic E-state index is 0.104. The quantitative estimate of drug-likeness (QED) is 0.476. The van der Waals surface area contributed by atoms with E-state index in [1.165, 1.54) is 7.11 Å². The van der Waals surface area contributed by atoms with E-state index in [-0.39, 0.29) is 24.9 Å². The van der Waals surface area contributed by atoms with Crippen molar-refractivity contribution in [1.29, 1.82) is 0 Å². The van der Waals surface area contributed by atoms with Gasteiger partial charge in [0.25, 0.3) is 0 Å². The van der Waals surface area contributed by atoms with Crippen molar-refractivity contribution in [3.8, 4) is 11.5 Å². The van der Waals surface area contributed by atoms with Gasteiger partial charge in [-0.2, -0.15) is 0 Å². The largest absolute Gasteiger partial charge is 0.507 e. The molecule has 1 aromatic carbocycles. The fraction of sp³-hybridized carbons (Fsp3) is 0.467. The van der Waals surface area contributed by atoms with Gasteiger partial charge in [-0.15, -0.1) is 0 Å². The molecule has 2 rings (SSSR count). The predicted octanol–water partition coefficient (Wildman–Crippen LogP) is 1.90. The lowest BCUT2D eigenvalue weighted by molar-refractivity contribution is -0.0926. The van der Waals surface area contributed by atoms with Gasteiger partial charge in [-0.25, -0.2) is 0 Å². The lowest BCUT2D eigenvalue weighted by atomic mass is 9.95. The van der Waals surface area contributed by atoms with Crippen LogP contribution in [-0.4, -0.2) is 33.3 Å². The number of aliphatic hydroxyl groups is 1. The molecule has 1 aromatic rings. The smallest absolute Gasteiger partial charge is 0.329 e. The van der Waals surface area contributed by atoms with Crippen molar-refractivity contribution in [2.24, 2.45) is 0 Å². The molecule has 0 amide bonds. The summed E-state index contributed by atoms with van der Waals surface area (Å²) in [4.78, 5) is 18.0. The van der Waals surface area contributed by atoms with E-state index in [0.717, 1.165) is 5.56 Å². The van der Waals surface area contributed by atoms with Crippen LogP contribution in [0, 0.1) is 6.92 Å². The van der Waals surface area contributed by atoms with Gasteiger partial charge < -0.3 is 29.5 Å². The van der Waals surface area contributed by atoms with Gasteiger partial charge in [-0.1, -0.05) is 11.6 Å². The zero-order chi connectivity index (χ0) is 17.4. The Morgan fingerprint density at radius 1 is 1.48 bits per heavy atom. The van der Waals surface area contributed by atoms with Crippen molar-refractivity contribution in [3.63, 3.8) is 0 Å². The summed E-state index contributed by atoms with van der Waals surface area (Å²) >= 11 is 0. The lowest BCUT2D eigenvalue weighted by Crippen LogP contribution is -2.02. The third-order valence-corrected chi connectivity index (χ3v) is 4.79. The van der Waals surface area contributed by atoms with Crippen LogP contribution in [0.25, 0.3) is 0 Å². The van der Waals surface area contributed by atoms with Crippen molar-refractivity contribution in [1.82, 2.24) is 0 Å². The second-order valence-corrected chi connectivity index (χ2v) is 7.26. The van der Waals surface area contributed by atoms with Crippen LogP contribution in [0.15, 0.2) is 11.6 Å². The van der Waals surface area contributed by atoms with Gasteiger partial charge in [0.05, 0.1) is 25.4 Å². The van der Waals surface area contributed by atoms with E-state index in [9.17, 15) is 14.8 Å². The van der Waals surface area contributed by atoms with E-state index in [1.807, 2.05) is 6.92 Å². The first-order valence-corrected chi connectivity index (χ1v) is 8.86. The van der Waals surface area contributed by atoms with Crippen LogP contribution in [-0.2, 0) is 22.3 Å². The molecule has 1 heterocycles. The number of hydrogen-bond donors (Lipinski definition) is 4. The SMILES string of the molecule is COc1c(C)c2c(c(O)c1C/C=C(\C)CP(=O)(O)O)C(O)OC2. The maximum atomic E-state index is 11.0. The molecule has 0 saturated heterocycles. The van der Waals surface area contributed by atoms with Crippen LogP contribution in [0.3, 0.4) is 0 Å². The van der Waals surface area contributed by atoms with Crippen LogP contribution in [0.5, 0.6) is 11.5 Å². The Morgan fingerprint density at radius 3 is 2.70 bits per heavy atom. The summed E-state index contributed by atoms with van der Waals surface area (Å²) in [6, 6.07) is 0. The van der Waals surface area contributed by atoms with Gasteiger partial charge in [0.15, 0.2) is 6.29 Å². The number of fused-ring (bicyclic) bond motifs is 1. The van der Waals surface area contributed by atoms with E-state index in [4.69, 9.17) is 19.3 Å². The van der Waals surface area contributed by atoms with Crippen molar-refractivity contribution in [3.05, 3.63) is 33.9 Å². The summed E-state index contributed by atoms with van der Waals surface area (Å²) in [5.74, 6) is 0.381. The first kappa shape index (κ1) is 18.0. The molecule has 0 radical (unpaired) electrons. The molecule has 128 valence electrons. The summed E-state index contributed by atoms with van der Waals surface area (Å²) in [6.07, 6.45) is 0.325. The average molecular weight is 344 g/mol. The number of aliphatic hydroxyl groups excluding tert-OH is 1. The Labute approximate surface area is 134 Å². The van der Waals surface area contributed by atoms with Gasteiger partial charge in [0.1, 0.15) is 11.5 Å². The average Bonchev–Trinajstić information content (AvgIpc) is 2.81. The zero-order valence-electron chi connectivity index (χ0n) is 13.2. The number of allylic oxidation sites excluding steroid dienone is 2. The molecular formula is C15H21O7P. The highest BCUT2D eigenvalue weighted by molar-refractivity contribution is 7.52. The summed E-state index contributed by atoms with van der Waals surface area (Å²) < 4.78 is 21.5. The molecule has 1 aliphatic rings. The molecule has 0 spiro atoms. The summed E-state index contributed by atoms with van der Waals surface area (Å²) in [5.41, 5.74) is 2.77. The monoisotopic (exact) mass is 344 g/mol.